The van der Waals surface area contributed by atoms with Crippen molar-refractivity contribution in [3.63, 3.8) is 0 Å². The average Bonchev–Trinajstić information content (AvgIpc) is 2.41. The maximum atomic E-state index is 12.5. The second-order valence-electron chi connectivity index (χ2n) is 5.89. The van der Waals surface area contributed by atoms with Crippen LogP contribution in [0.4, 0.5) is 18.9 Å². The molecule has 0 amide bonds. The van der Waals surface area contributed by atoms with Gasteiger partial charge in [-0.25, -0.2) is 0 Å². The molecule has 1 aromatic rings. The molecule has 0 bridgehead atoms. The van der Waals surface area contributed by atoms with Gasteiger partial charge in [0.05, 0.1) is 6.54 Å². The molecule has 0 aromatic heterocycles. The van der Waals surface area contributed by atoms with Crippen LogP contribution in [0.2, 0.25) is 0 Å². The summed E-state index contributed by atoms with van der Waals surface area (Å²) in [7, 11) is 0. The molecule has 2 heterocycles. The van der Waals surface area contributed by atoms with E-state index in [4.69, 9.17) is 0 Å². The molecule has 2 aliphatic heterocycles. The van der Waals surface area contributed by atoms with Gasteiger partial charge in [-0.05, 0) is 44.0 Å². The van der Waals surface area contributed by atoms with Crippen LogP contribution in [-0.4, -0.2) is 37.3 Å². The number of hydrogen-bond donors (Lipinski definition) is 1. The molecule has 0 unspecified atom stereocenters. The number of para-hydroxylation sites is 1. The van der Waals surface area contributed by atoms with E-state index in [2.05, 4.69) is 17.4 Å². The molecule has 0 atom stereocenters. The molecule has 1 saturated heterocycles. The van der Waals surface area contributed by atoms with Crippen LogP contribution in [0.15, 0.2) is 24.3 Å². The first kappa shape index (κ1) is 13.7. The van der Waals surface area contributed by atoms with E-state index in [0.717, 1.165) is 31.5 Å². The first-order chi connectivity index (χ1) is 9.49. The number of rotatable bonds is 1. The highest BCUT2D eigenvalue weighted by atomic mass is 19.4. The largest absolute Gasteiger partial charge is 0.401 e. The summed E-state index contributed by atoms with van der Waals surface area (Å²) in [4.78, 5) is 1.54. The molecule has 110 valence electrons. The summed E-state index contributed by atoms with van der Waals surface area (Å²) in [5, 5.41) is 3.39. The van der Waals surface area contributed by atoms with Gasteiger partial charge in [-0.3, -0.25) is 4.90 Å². The van der Waals surface area contributed by atoms with E-state index < -0.39 is 12.7 Å². The fourth-order valence-corrected chi connectivity index (χ4v) is 3.58. The predicted molar refractivity (Wildman–Crippen MR) is 73.0 cm³/mol. The predicted octanol–water partition coefficient (Wildman–Crippen LogP) is 3.40. The minimum atomic E-state index is -4.09. The number of nitrogens with one attached hydrogen (secondary N) is 1. The van der Waals surface area contributed by atoms with Gasteiger partial charge in [0.1, 0.15) is 0 Å². The van der Waals surface area contributed by atoms with E-state index in [1.54, 1.807) is 0 Å². The monoisotopic (exact) mass is 284 g/mol. The van der Waals surface area contributed by atoms with E-state index in [9.17, 15) is 13.2 Å². The van der Waals surface area contributed by atoms with Gasteiger partial charge in [-0.2, -0.15) is 13.2 Å². The standard InChI is InChI=1S/C15H19F3N2/c16-15(17,18)11-20-9-6-14(7-10-20)5-8-19-13-4-2-1-3-12(13)14/h1-4,19H,5-11H2. The van der Waals surface area contributed by atoms with Crippen LogP contribution in [-0.2, 0) is 5.41 Å². The Morgan fingerprint density at radius 1 is 1.10 bits per heavy atom. The third-order valence-corrected chi connectivity index (χ3v) is 4.63. The number of likely N-dealkylation sites (tertiary alicyclic amines) is 1. The Balaban J connectivity index is 1.74. The van der Waals surface area contributed by atoms with Gasteiger partial charge < -0.3 is 5.32 Å². The second kappa shape index (κ2) is 4.95. The minimum absolute atomic E-state index is 0.0734. The van der Waals surface area contributed by atoms with Crippen LogP contribution >= 0.6 is 0 Å². The molecule has 20 heavy (non-hydrogen) atoms. The second-order valence-corrected chi connectivity index (χ2v) is 5.89. The zero-order chi connectivity index (χ0) is 14.2. The number of hydrogen-bond acceptors (Lipinski definition) is 2. The first-order valence-corrected chi connectivity index (χ1v) is 7.11. The fraction of sp³-hybridized carbons (Fsp3) is 0.600. The minimum Gasteiger partial charge on any atom is -0.385 e. The lowest BCUT2D eigenvalue weighted by Crippen LogP contribution is -2.47. The number of halogens is 3. The lowest BCUT2D eigenvalue weighted by molar-refractivity contribution is -0.149. The summed E-state index contributed by atoms with van der Waals surface area (Å²) in [5.74, 6) is 0. The lowest BCUT2D eigenvalue weighted by atomic mass is 9.68. The smallest absolute Gasteiger partial charge is 0.385 e. The Bertz CT molecular complexity index is 476. The van der Waals surface area contributed by atoms with Crippen molar-refractivity contribution >= 4 is 5.69 Å². The Hall–Kier alpha value is -1.23. The van der Waals surface area contributed by atoms with Gasteiger partial charge in [0.25, 0.3) is 0 Å². The SMILES string of the molecule is FC(F)(F)CN1CCC2(CCNc3ccccc32)CC1. The summed E-state index contributed by atoms with van der Waals surface area (Å²) < 4.78 is 37.4. The van der Waals surface area contributed by atoms with E-state index in [1.807, 2.05) is 12.1 Å². The highest BCUT2D eigenvalue weighted by Gasteiger charge is 2.41. The molecule has 0 radical (unpaired) electrons. The van der Waals surface area contributed by atoms with Crippen molar-refractivity contribution in [1.29, 1.82) is 0 Å². The molecule has 0 aliphatic carbocycles. The van der Waals surface area contributed by atoms with Gasteiger partial charge in [0, 0.05) is 17.6 Å². The van der Waals surface area contributed by atoms with Crippen LogP contribution < -0.4 is 5.32 Å². The number of anilines is 1. The molecule has 1 aromatic carbocycles. The molecular formula is C15H19F3N2. The Kier molecular flexibility index (Phi) is 3.40. The molecule has 5 heteroatoms. The van der Waals surface area contributed by atoms with Crippen LogP contribution in [0.25, 0.3) is 0 Å². The summed E-state index contributed by atoms with van der Waals surface area (Å²) >= 11 is 0. The molecule has 2 aliphatic rings. The van der Waals surface area contributed by atoms with Crippen molar-refractivity contribution in [2.45, 2.75) is 30.9 Å². The first-order valence-electron chi connectivity index (χ1n) is 7.11. The van der Waals surface area contributed by atoms with Gasteiger partial charge in [0.15, 0.2) is 0 Å². The van der Waals surface area contributed by atoms with Crippen molar-refractivity contribution in [2.75, 3.05) is 31.5 Å². The number of alkyl halides is 3. The van der Waals surface area contributed by atoms with Crippen LogP contribution in [0, 0.1) is 0 Å². The summed E-state index contributed by atoms with van der Waals surface area (Å²) in [5.41, 5.74) is 2.52. The van der Waals surface area contributed by atoms with Crippen molar-refractivity contribution < 1.29 is 13.2 Å². The van der Waals surface area contributed by atoms with Crippen molar-refractivity contribution in [2.24, 2.45) is 0 Å². The third kappa shape index (κ3) is 2.64. The quantitative estimate of drug-likeness (QED) is 0.850. The zero-order valence-electron chi connectivity index (χ0n) is 11.3. The Morgan fingerprint density at radius 2 is 1.80 bits per heavy atom. The molecule has 2 nitrogen and oxygen atoms in total. The van der Waals surface area contributed by atoms with E-state index in [1.165, 1.54) is 10.5 Å². The summed E-state index contributed by atoms with van der Waals surface area (Å²) in [6.45, 7) is 1.21. The van der Waals surface area contributed by atoms with E-state index in [0.29, 0.717) is 13.1 Å². The number of piperidine rings is 1. The number of fused-ring (bicyclic) bond motifs is 2. The molecule has 1 fully saturated rings. The van der Waals surface area contributed by atoms with Gasteiger partial charge in [-0.1, -0.05) is 18.2 Å². The maximum Gasteiger partial charge on any atom is 0.401 e. The van der Waals surface area contributed by atoms with Crippen LogP contribution in [0.1, 0.15) is 24.8 Å². The Morgan fingerprint density at radius 3 is 2.50 bits per heavy atom. The third-order valence-electron chi connectivity index (χ3n) is 4.63. The van der Waals surface area contributed by atoms with Crippen molar-refractivity contribution in [3.8, 4) is 0 Å². The normalized spacial score (nSPS) is 22.4. The number of benzene rings is 1. The summed E-state index contributed by atoms with van der Waals surface area (Å²) in [6.07, 6.45) is -1.43. The lowest BCUT2D eigenvalue weighted by Gasteiger charge is -2.45. The Labute approximate surface area is 117 Å². The van der Waals surface area contributed by atoms with Gasteiger partial charge >= 0.3 is 6.18 Å². The van der Waals surface area contributed by atoms with Gasteiger partial charge in [0.2, 0.25) is 0 Å². The highest BCUT2D eigenvalue weighted by Crippen LogP contribution is 2.44. The van der Waals surface area contributed by atoms with Crippen LogP contribution in [0.5, 0.6) is 0 Å². The molecule has 0 saturated carbocycles. The van der Waals surface area contributed by atoms with Crippen LogP contribution in [0.3, 0.4) is 0 Å². The number of nitrogens with zero attached hydrogens (tertiary/aromatic N) is 1. The molecule has 1 N–H and O–H groups in total. The van der Waals surface area contributed by atoms with Crippen molar-refractivity contribution in [3.05, 3.63) is 29.8 Å². The fourth-order valence-electron chi connectivity index (χ4n) is 3.58. The van der Waals surface area contributed by atoms with Gasteiger partial charge in [-0.15, -0.1) is 0 Å². The molecule has 1 spiro atoms. The van der Waals surface area contributed by atoms with E-state index in [-0.39, 0.29) is 5.41 Å². The summed E-state index contributed by atoms with van der Waals surface area (Å²) in [6, 6.07) is 8.22. The topological polar surface area (TPSA) is 15.3 Å². The highest BCUT2D eigenvalue weighted by molar-refractivity contribution is 5.57. The maximum absolute atomic E-state index is 12.5. The van der Waals surface area contributed by atoms with E-state index >= 15 is 0 Å². The average molecular weight is 284 g/mol. The molecular weight excluding hydrogens is 265 g/mol. The van der Waals surface area contributed by atoms with Crippen molar-refractivity contribution in [1.82, 2.24) is 4.90 Å². The molecule has 3 rings (SSSR count). The zero-order valence-corrected chi connectivity index (χ0v) is 11.3.